The molecule has 0 saturated carbocycles. The van der Waals surface area contributed by atoms with E-state index in [2.05, 4.69) is 5.32 Å². The summed E-state index contributed by atoms with van der Waals surface area (Å²) < 4.78 is 5.57. The number of aliphatic carboxylic acids is 1. The quantitative estimate of drug-likeness (QED) is 0.862. The van der Waals surface area contributed by atoms with Crippen LogP contribution in [0.3, 0.4) is 0 Å². The van der Waals surface area contributed by atoms with Crippen LogP contribution in [-0.2, 0) is 11.2 Å². The Kier molecular flexibility index (Phi) is 5.16. The number of rotatable bonds is 5. The average Bonchev–Trinajstić information content (AvgIpc) is 2.80. The highest BCUT2D eigenvalue weighted by molar-refractivity contribution is 6.03. The molecule has 0 aromatic carbocycles. The Bertz CT molecular complexity index is 666. The van der Waals surface area contributed by atoms with E-state index in [1.54, 1.807) is 6.92 Å². The fraction of sp³-hybridized carbons (Fsp3) is 0.611. The van der Waals surface area contributed by atoms with Crippen LogP contribution in [0.5, 0.6) is 0 Å². The molecule has 6 nitrogen and oxygen atoms in total. The summed E-state index contributed by atoms with van der Waals surface area (Å²) >= 11 is 0. The molecule has 1 heterocycles. The van der Waals surface area contributed by atoms with Crippen molar-refractivity contribution >= 4 is 17.7 Å². The van der Waals surface area contributed by atoms with Crippen molar-refractivity contribution in [3.05, 3.63) is 22.6 Å². The van der Waals surface area contributed by atoms with E-state index in [0.29, 0.717) is 49.0 Å². The summed E-state index contributed by atoms with van der Waals surface area (Å²) in [7, 11) is 0. The van der Waals surface area contributed by atoms with Crippen LogP contribution in [0.4, 0.5) is 0 Å². The lowest BCUT2D eigenvalue weighted by atomic mass is 9.88. The van der Waals surface area contributed by atoms with E-state index < -0.39 is 17.9 Å². The average molecular weight is 335 g/mol. The molecule has 0 spiro atoms. The van der Waals surface area contributed by atoms with Gasteiger partial charge < -0.3 is 14.8 Å². The van der Waals surface area contributed by atoms with Gasteiger partial charge in [0, 0.05) is 18.4 Å². The number of nitrogens with one attached hydrogen (secondary N) is 1. The number of carbonyl (C=O) groups is 3. The molecule has 1 aromatic heterocycles. The lowest BCUT2D eigenvalue weighted by Gasteiger charge is -2.21. The molecule has 6 heteroatoms. The highest BCUT2D eigenvalue weighted by atomic mass is 16.4. The summed E-state index contributed by atoms with van der Waals surface area (Å²) in [5.74, 6) is -1.07. The number of Topliss-reactive ketones (excluding diaryl/α,β-unsaturated/α-hetero) is 1. The van der Waals surface area contributed by atoms with Gasteiger partial charge in [-0.2, -0.15) is 0 Å². The third-order valence-electron chi connectivity index (χ3n) is 4.30. The van der Waals surface area contributed by atoms with E-state index in [0.717, 1.165) is 0 Å². The van der Waals surface area contributed by atoms with Crippen molar-refractivity contribution in [2.75, 3.05) is 0 Å². The van der Waals surface area contributed by atoms with Gasteiger partial charge in [0.25, 0.3) is 5.91 Å². The topological polar surface area (TPSA) is 96.6 Å². The summed E-state index contributed by atoms with van der Waals surface area (Å²) in [6.07, 6.45) is 2.79. The number of ketones is 1. The molecule has 1 aliphatic carbocycles. The van der Waals surface area contributed by atoms with E-state index in [9.17, 15) is 19.5 Å². The van der Waals surface area contributed by atoms with Crippen molar-refractivity contribution in [3.8, 4) is 0 Å². The molecule has 1 aromatic rings. The van der Waals surface area contributed by atoms with Crippen LogP contribution < -0.4 is 5.32 Å². The Hall–Kier alpha value is -2.11. The van der Waals surface area contributed by atoms with Crippen LogP contribution in [0.2, 0.25) is 0 Å². The zero-order valence-corrected chi connectivity index (χ0v) is 14.7. The fourth-order valence-electron chi connectivity index (χ4n) is 2.92. The normalized spacial score (nSPS) is 15.8. The molecule has 1 unspecified atom stereocenters. The molecule has 2 N–H and O–H groups in total. The van der Waals surface area contributed by atoms with Gasteiger partial charge in [-0.15, -0.1) is 0 Å². The molecular formula is C18H25NO5. The van der Waals surface area contributed by atoms with E-state index in [1.165, 1.54) is 0 Å². The molecule has 132 valence electrons. The lowest BCUT2D eigenvalue weighted by molar-refractivity contribution is -0.139. The van der Waals surface area contributed by atoms with Gasteiger partial charge in [0.1, 0.15) is 11.8 Å². The maximum atomic E-state index is 12.4. The van der Waals surface area contributed by atoms with E-state index in [4.69, 9.17) is 4.42 Å². The van der Waals surface area contributed by atoms with Crippen LogP contribution >= 0.6 is 0 Å². The van der Waals surface area contributed by atoms with E-state index in [-0.39, 0.29) is 17.0 Å². The summed E-state index contributed by atoms with van der Waals surface area (Å²) in [6, 6.07) is -0.978. The Morgan fingerprint density at radius 3 is 2.50 bits per heavy atom. The first-order valence-corrected chi connectivity index (χ1v) is 8.29. The first-order chi connectivity index (χ1) is 11.1. The summed E-state index contributed by atoms with van der Waals surface area (Å²) in [4.78, 5) is 35.9. The highest BCUT2D eigenvalue weighted by Gasteiger charge is 2.31. The van der Waals surface area contributed by atoms with Crippen molar-refractivity contribution in [2.45, 2.75) is 65.8 Å². The lowest BCUT2D eigenvalue weighted by Crippen LogP contribution is -2.41. The number of hydrogen-bond donors (Lipinski definition) is 2. The largest absolute Gasteiger partial charge is 0.480 e. The van der Waals surface area contributed by atoms with Gasteiger partial charge in [-0.25, -0.2) is 4.79 Å². The minimum Gasteiger partial charge on any atom is -0.480 e. The van der Waals surface area contributed by atoms with Gasteiger partial charge in [-0.1, -0.05) is 20.8 Å². The number of furan rings is 1. The second kappa shape index (κ2) is 6.79. The Morgan fingerprint density at radius 1 is 1.29 bits per heavy atom. The number of carbonyl (C=O) groups excluding carboxylic acids is 2. The monoisotopic (exact) mass is 335 g/mol. The first kappa shape index (κ1) is 18.2. The third kappa shape index (κ3) is 4.04. The van der Waals surface area contributed by atoms with Crippen molar-refractivity contribution in [2.24, 2.45) is 5.41 Å². The number of fused-ring (bicyclic) bond motifs is 1. The molecule has 24 heavy (non-hydrogen) atoms. The van der Waals surface area contributed by atoms with Gasteiger partial charge in [-0.3, -0.25) is 9.59 Å². The predicted molar refractivity (Wildman–Crippen MR) is 88.3 cm³/mol. The van der Waals surface area contributed by atoms with Crippen LogP contribution in [0.25, 0.3) is 0 Å². The molecule has 0 aliphatic heterocycles. The fourth-order valence-corrected chi connectivity index (χ4v) is 2.92. The predicted octanol–water partition coefficient (Wildman–Crippen LogP) is 3.12. The van der Waals surface area contributed by atoms with Crippen LogP contribution in [0, 0.1) is 12.3 Å². The summed E-state index contributed by atoms with van der Waals surface area (Å²) in [5.41, 5.74) is 0.977. The summed E-state index contributed by atoms with van der Waals surface area (Å²) in [6.45, 7) is 7.73. The smallest absolute Gasteiger partial charge is 0.326 e. The minimum atomic E-state index is -1.07. The highest BCUT2D eigenvalue weighted by Crippen LogP contribution is 2.29. The van der Waals surface area contributed by atoms with Gasteiger partial charge in [0.2, 0.25) is 0 Å². The van der Waals surface area contributed by atoms with Gasteiger partial charge in [0.05, 0.1) is 5.56 Å². The third-order valence-corrected chi connectivity index (χ3v) is 4.30. The molecule has 0 saturated heterocycles. The van der Waals surface area contributed by atoms with Crippen molar-refractivity contribution in [1.29, 1.82) is 0 Å². The molecule has 0 bridgehead atoms. The van der Waals surface area contributed by atoms with Crippen molar-refractivity contribution in [3.63, 3.8) is 0 Å². The van der Waals surface area contributed by atoms with Gasteiger partial charge in [0.15, 0.2) is 11.5 Å². The minimum absolute atomic E-state index is 0.0148. The van der Waals surface area contributed by atoms with Crippen LogP contribution in [-0.4, -0.2) is 28.8 Å². The molecule has 1 amide bonds. The number of amides is 1. The maximum Gasteiger partial charge on any atom is 0.326 e. The van der Waals surface area contributed by atoms with Crippen LogP contribution in [0.15, 0.2) is 4.42 Å². The zero-order chi connectivity index (χ0) is 18.1. The zero-order valence-electron chi connectivity index (χ0n) is 14.7. The number of aryl methyl sites for hydroxylation is 1. The van der Waals surface area contributed by atoms with Gasteiger partial charge >= 0.3 is 5.97 Å². The van der Waals surface area contributed by atoms with E-state index >= 15 is 0 Å². The Labute approximate surface area is 141 Å². The Morgan fingerprint density at radius 2 is 1.96 bits per heavy atom. The standard InChI is InChI=1S/C18H25NO5/c1-10-14-12(20)6-5-7-13(14)24-15(10)16(21)19-11(17(22)23)8-9-18(2,3)4/h11H,5-9H2,1-4H3,(H,19,21)(H,22,23). The maximum absolute atomic E-state index is 12.4. The molecule has 2 rings (SSSR count). The number of carboxylic acid groups (broad SMARTS) is 1. The molecule has 1 atom stereocenters. The molecule has 0 fully saturated rings. The number of hydrogen-bond acceptors (Lipinski definition) is 4. The molecule has 0 radical (unpaired) electrons. The summed E-state index contributed by atoms with van der Waals surface area (Å²) in [5, 5.41) is 11.9. The van der Waals surface area contributed by atoms with E-state index in [1.807, 2.05) is 20.8 Å². The second-order valence-corrected chi connectivity index (χ2v) is 7.59. The Balaban J connectivity index is 2.16. The van der Waals surface area contributed by atoms with Crippen LogP contribution in [0.1, 0.15) is 78.7 Å². The van der Waals surface area contributed by atoms with Crippen molar-refractivity contribution < 1.29 is 23.9 Å². The first-order valence-electron chi connectivity index (χ1n) is 8.29. The molecular weight excluding hydrogens is 310 g/mol. The van der Waals surface area contributed by atoms with Crippen molar-refractivity contribution in [1.82, 2.24) is 5.32 Å². The second-order valence-electron chi connectivity index (χ2n) is 7.59. The van der Waals surface area contributed by atoms with Gasteiger partial charge in [-0.05, 0) is 31.6 Å². The number of carboxylic acids is 1. The SMILES string of the molecule is Cc1c(C(=O)NC(CCC(C)(C)C)C(=O)O)oc2c1C(=O)CCC2. The molecule has 1 aliphatic rings.